The van der Waals surface area contributed by atoms with Gasteiger partial charge in [0.05, 0.1) is 30.3 Å². The topological polar surface area (TPSA) is 81.8 Å². The summed E-state index contributed by atoms with van der Waals surface area (Å²) in [5.41, 5.74) is 8.61. The van der Waals surface area contributed by atoms with E-state index in [1.54, 1.807) is 31.4 Å². The number of carbonyl (C=O) groups excluding carboxylic acids is 2. The zero-order chi connectivity index (χ0) is 18.9. The van der Waals surface area contributed by atoms with E-state index in [2.05, 4.69) is 0 Å². The Morgan fingerprint density at radius 1 is 1.19 bits per heavy atom. The van der Waals surface area contributed by atoms with E-state index in [1.807, 2.05) is 32.0 Å². The average molecular weight is 350 g/mol. The predicted octanol–water partition coefficient (Wildman–Crippen LogP) is 3.19. The zero-order valence-electron chi connectivity index (χ0n) is 15.2. The number of fused-ring (bicyclic) bond motifs is 1. The van der Waals surface area contributed by atoms with Crippen LogP contribution in [0.15, 0.2) is 47.5 Å². The number of ketones is 1. The van der Waals surface area contributed by atoms with E-state index in [1.165, 1.54) is 0 Å². The van der Waals surface area contributed by atoms with Crippen LogP contribution < -0.4 is 10.5 Å². The number of carbonyl (C=O) groups is 2. The lowest BCUT2D eigenvalue weighted by Gasteiger charge is -2.29. The van der Waals surface area contributed by atoms with Gasteiger partial charge in [0.2, 0.25) is 5.91 Å². The van der Waals surface area contributed by atoms with Crippen molar-refractivity contribution < 1.29 is 14.3 Å². The molecule has 0 aliphatic carbocycles. The van der Waals surface area contributed by atoms with Crippen molar-refractivity contribution in [3.63, 3.8) is 0 Å². The van der Waals surface area contributed by atoms with Crippen molar-refractivity contribution in [3.8, 4) is 5.75 Å². The van der Waals surface area contributed by atoms with Crippen molar-refractivity contribution in [1.82, 2.24) is 0 Å². The molecule has 5 nitrogen and oxygen atoms in total. The summed E-state index contributed by atoms with van der Waals surface area (Å²) in [6.45, 7) is 4.07. The number of benzene rings is 2. The van der Waals surface area contributed by atoms with Crippen molar-refractivity contribution in [2.45, 2.75) is 32.2 Å². The molecular weight excluding hydrogens is 328 g/mol. The van der Waals surface area contributed by atoms with Gasteiger partial charge in [-0.3, -0.25) is 14.6 Å². The Bertz CT molecular complexity index is 913. The van der Waals surface area contributed by atoms with Gasteiger partial charge in [-0.2, -0.15) is 0 Å². The maximum Gasteiger partial charge on any atom is 0.248 e. The molecule has 0 unspecified atom stereocenters. The average Bonchev–Trinajstić information content (AvgIpc) is 2.60. The number of nitrogens with zero attached hydrogens (tertiary/aromatic N) is 1. The Hall–Kier alpha value is -2.95. The number of hydrogen-bond acceptors (Lipinski definition) is 4. The van der Waals surface area contributed by atoms with E-state index in [9.17, 15) is 9.59 Å². The number of para-hydroxylation sites is 1. The van der Waals surface area contributed by atoms with Crippen LogP contribution >= 0.6 is 0 Å². The van der Waals surface area contributed by atoms with E-state index in [-0.39, 0.29) is 17.7 Å². The molecule has 3 rings (SSSR count). The number of ether oxygens (including phenoxy) is 1. The van der Waals surface area contributed by atoms with Gasteiger partial charge in [0.1, 0.15) is 5.75 Å². The van der Waals surface area contributed by atoms with Crippen LogP contribution in [0.25, 0.3) is 0 Å². The number of Topliss-reactive ketones (excluding diaryl/α,β-unsaturated/α-hetero) is 1. The fourth-order valence-corrected chi connectivity index (χ4v) is 3.34. The summed E-state index contributed by atoms with van der Waals surface area (Å²) in [6, 6.07) is 12.5. The van der Waals surface area contributed by atoms with Gasteiger partial charge < -0.3 is 10.5 Å². The largest absolute Gasteiger partial charge is 0.496 e. The molecule has 0 aromatic heterocycles. The molecular formula is C21H22N2O3. The van der Waals surface area contributed by atoms with Crippen LogP contribution in [0.4, 0.5) is 0 Å². The summed E-state index contributed by atoms with van der Waals surface area (Å²) in [4.78, 5) is 29.2. The Morgan fingerprint density at radius 2 is 1.92 bits per heavy atom. The highest BCUT2D eigenvalue weighted by Gasteiger charge is 2.28. The summed E-state index contributed by atoms with van der Waals surface area (Å²) in [5.74, 6) is -0.0263. The number of rotatable bonds is 5. The maximum absolute atomic E-state index is 12.9. The lowest BCUT2D eigenvalue weighted by molar-refractivity contribution is 0.0991. The zero-order valence-corrected chi connectivity index (χ0v) is 15.2. The Kier molecular flexibility index (Phi) is 4.64. The first-order valence-electron chi connectivity index (χ1n) is 8.49. The van der Waals surface area contributed by atoms with Gasteiger partial charge in [-0.05, 0) is 50.1 Å². The molecule has 1 amide bonds. The number of nitrogens with two attached hydrogens (primary N) is 1. The summed E-state index contributed by atoms with van der Waals surface area (Å²) in [5, 5.41) is 0. The Morgan fingerprint density at radius 3 is 2.62 bits per heavy atom. The minimum atomic E-state index is -0.493. The molecule has 26 heavy (non-hydrogen) atoms. The Labute approximate surface area is 152 Å². The van der Waals surface area contributed by atoms with Crippen LogP contribution in [0, 0.1) is 0 Å². The minimum Gasteiger partial charge on any atom is -0.496 e. The molecule has 2 aromatic rings. The summed E-state index contributed by atoms with van der Waals surface area (Å²) in [6.07, 6.45) is 0.882. The predicted molar refractivity (Wildman–Crippen MR) is 101 cm³/mol. The molecule has 0 atom stereocenters. The second-order valence-electron chi connectivity index (χ2n) is 7.08. The number of aliphatic imine (C=N–C) groups is 1. The first-order chi connectivity index (χ1) is 12.3. The molecule has 2 aromatic carbocycles. The highest BCUT2D eigenvalue weighted by Crippen LogP contribution is 2.30. The molecule has 5 heteroatoms. The molecule has 0 saturated carbocycles. The van der Waals surface area contributed by atoms with Crippen molar-refractivity contribution in [3.05, 3.63) is 64.7 Å². The van der Waals surface area contributed by atoms with E-state index >= 15 is 0 Å². The van der Waals surface area contributed by atoms with Crippen LogP contribution in [0.1, 0.15) is 52.1 Å². The van der Waals surface area contributed by atoms with Crippen molar-refractivity contribution in [2.75, 3.05) is 7.11 Å². The third-order valence-electron chi connectivity index (χ3n) is 4.50. The smallest absolute Gasteiger partial charge is 0.248 e. The highest BCUT2D eigenvalue weighted by molar-refractivity contribution is 6.18. The van der Waals surface area contributed by atoms with E-state index in [4.69, 9.17) is 15.5 Å². The fraction of sp³-hybridized carbons (Fsp3) is 0.286. The lowest BCUT2D eigenvalue weighted by atomic mass is 9.84. The van der Waals surface area contributed by atoms with Crippen LogP contribution in [-0.4, -0.2) is 30.1 Å². The molecule has 0 radical (unpaired) electrons. The third kappa shape index (κ3) is 3.52. The number of hydrogen-bond donors (Lipinski definition) is 1. The van der Waals surface area contributed by atoms with Gasteiger partial charge >= 0.3 is 0 Å². The second kappa shape index (κ2) is 6.75. The van der Waals surface area contributed by atoms with Gasteiger partial charge in [-0.25, -0.2) is 0 Å². The molecule has 2 N–H and O–H groups in total. The van der Waals surface area contributed by atoms with Gasteiger partial charge in [-0.15, -0.1) is 0 Å². The SMILES string of the molecule is COc1ccccc1C(=O)CC1=NC(C)(C)Cc2ccc(C(N)=O)cc21. The molecule has 1 aliphatic rings. The highest BCUT2D eigenvalue weighted by atomic mass is 16.5. The quantitative estimate of drug-likeness (QED) is 0.841. The van der Waals surface area contributed by atoms with Gasteiger partial charge in [0.25, 0.3) is 0 Å². The fourth-order valence-electron chi connectivity index (χ4n) is 3.34. The summed E-state index contributed by atoms with van der Waals surface area (Å²) in [7, 11) is 1.54. The number of primary amides is 1. The standard InChI is InChI=1S/C21H22N2O3/c1-21(2)12-14-9-8-13(20(22)25)10-16(14)17(23-21)11-18(24)15-6-4-5-7-19(15)26-3/h4-10H,11-12H2,1-3H3,(H2,22,25). The summed E-state index contributed by atoms with van der Waals surface area (Å²) >= 11 is 0. The van der Waals surface area contributed by atoms with E-state index in [0.29, 0.717) is 22.6 Å². The Balaban J connectivity index is 2.01. The molecule has 0 spiro atoms. The second-order valence-corrected chi connectivity index (χ2v) is 7.08. The molecule has 1 heterocycles. The number of amides is 1. The maximum atomic E-state index is 12.9. The van der Waals surface area contributed by atoms with Crippen LogP contribution in [-0.2, 0) is 6.42 Å². The van der Waals surface area contributed by atoms with Crippen LogP contribution in [0.2, 0.25) is 0 Å². The van der Waals surface area contributed by atoms with Crippen molar-refractivity contribution in [2.24, 2.45) is 10.7 Å². The summed E-state index contributed by atoms with van der Waals surface area (Å²) < 4.78 is 5.29. The molecule has 1 aliphatic heterocycles. The molecule has 0 bridgehead atoms. The van der Waals surface area contributed by atoms with Gasteiger partial charge in [0, 0.05) is 11.1 Å². The normalized spacial score (nSPS) is 15.0. The molecule has 0 fully saturated rings. The van der Waals surface area contributed by atoms with E-state index < -0.39 is 5.91 Å². The van der Waals surface area contributed by atoms with Crippen LogP contribution in [0.3, 0.4) is 0 Å². The minimum absolute atomic E-state index is 0.0747. The molecule has 0 saturated heterocycles. The first kappa shape index (κ1) is 17.9. The van der Waals surface area contributed by atoms with E-state index in [0.717, 1.165) is 17.5 Å². The lowest BCUT2D eigenvalue weighted by Crippen LogP contribution is -2.30. The van der Waals surface area contributed by atoms with Gasteiger partial charge in [0.15, 0.2) is 5.78 Å². The van der Waals surface area contributed by atoms with Gasteiger partial charge in [-0.1, -0.05) is 18.2 Å². The third-order valence-corrected chi connectivity index (χ3v) is 4.50. The van der Waals surface area contributed by atoms with Crippen LogP contribution in [0.5, 0.6) is 5.75 Å². The van der Waals surface area contributed by atoms with Crippen molar-refractivity contribution >= 4 is 17.4 Å². The number of methoxy groups -OCH3 is 1. The molecule has 134 valence electrons. The first-order valence-corrected chi connectivity index (χ1v) is 8.49. The van der Waals surface area contributed by atoms with Crippen molar-refractivity contribution in [1.29, 1.82) is 0 Å². The monoisotopic (exact) mass is 350 g/mol.